The van der Waals surface area contributed by atoms with Crippen molar-refractivity contribution in [3.8, 4) is 0 Å². The Morgan fingerprint density at radius 2 is 2.16 bits per heavy atom. The van der Waals surface area contributed by atoms with E-state index in [0.29, 0.717) is 18.0 Å². The molecule has 1 saturated carbocycles. The van der Waals surface area contributed by atoms with E-state index in [9.17, 15) is 0 Å². The lowest BCUT2D eigenvalue weighted by atomic mass is 9.96. The second-order valence-electron chi connectivity index (χ2n) is 6.48. The maximum absolute atomic E-state index is 4.34. The fraction of sp³-hybridized carbons (Fsp3) is 0.688. The van der Waals surface area contributed by atoms with Crippen molar-refractivity contribution in [3.63, 3.8) is 0 Å². The molecule has 2 heterocycles. The van der Waals surface area contributed by atoms with Crippen LogP contribution in [0, 0.1) is 18.8 Å². The highest BCUT2D eigenvalue weighted by atomic mass is 15.2. The Labute approximate surface area is 116 Å². The molecule has 0 spiro atoms. The van der Waals surface area contributed by atoms with Crippen LogP contribution in [0.2, 0.25) is 0 Å². The Balaban J connectivity index is 1.86. The molecule has 0 amide bonds. The number of rotatable bonds is 3. The van der Waals surface area contributed by atoms with Crippen molar-refractivity contribution in [2.45, 2.75) is 45.7 Å². The molecule has 0 aromatic carbocycles. The molecule has 1 aliphatic carbocycles. The molecule has 104 valence electrons. The summed E-state index contributed by atoms with van der Waals surface area (Å²) in [6, 6.07) is 3.38. The zero-order chi connectivity index (χ0) is 13.4. The molecule has 0 bridgehead atoms. The summed E-state index contributed by atoms with van der Waals surface area (Å²) in [4.78, 5) is 6.94. The highest BCUT2D eigenvalue weighted by molar-refractivity contribution is 5.52. The molecule has 2 atom stereocenters. The van der Waals surface area contributed by atoms with Gasteiger partial charge in [-0.25, -0.2) is 0 Å². The van der Waals surface area contributed by atoms with Gasteiger partial charge in [-0.3, -0.25) is 4.98 Å². The molecule has 3 nitrogen and oxygen atoms in total. The first-order valence-corrected chi connectivity index (χ1v) is 7.57. The molecule has 19 heavy (non-hydrogen) atoms. The molecule has 1 aromatic heterocycles. The molecule has 1 saturated heterocycles. The van der Waals surface area contributed by atoms with Crippen molar-refractivity contribution in [1.29, 1.82) is 0 Å². The number of hydrogen-bond donors (Lipinski definition) is 1. The number of nitrogens with zero attached hydrogens (tertiary/aromatic N) is 2. The summed E-state index contributed by atoms with van der Waals surface area (Å²) < 4.78 is 0. The predicted molar refractivity (Wildman–Crippen MR) is 79.5 cm³/mol. The number of hydrogen-bond acceptors (Lipinski definition) is 3. The minimum Gasteiger partial charge on any atom is -0.364 e. The molecule has 1 aliphatic heterocycles. The summed E-state index contributed by atoms with van der Waals surface area (Å²) in [6.45, 7) is 9.08. The summed E-state index contributed by atoms with van der Waals surface area (Å²) >= 11 is 0. The number of aryl methyl sites for hydroxylation is 1. The molecule has 3 rings (SSSR count). The summed E-state index contributed by atoms with van der Waals surface area (Å²) in [5.41, 5.74) is 2.67. The molecular weight excluding hydrogens is 234 g/mol. The molecular formula is C16H25N3. The minimum absolute atomic E-state index is 0.581. The second kappa shape index (κ2) is 5.12. The first-order valence-electron chi connectivity index (χ1n) is 7.57. The molecule has 1 N–H and O–H groups in total. The maximum atomic E-state index is 4.34. The van der Waals surface area contributed by atoms with Gasteiger partial charge >= 0.3 is 0 Å². The van der Waals surface area contributed by atoms with Crippen molar-refractivity contribution in [1.82, 2.24) is 10.3 Å². The van der Waals surface area contributed by atoms with Gasteiger partial charge in [-0.15, -0.1) is 0 Å². The largest absolute Gasteiger partial charge is 0.364 e. The summed E-state index contributed by atoms with van der Waals surface area (Å²) in [6.07, 6.45) is 6.75. The van der Waals surface area contributed by atoms with Crippen molar-refractivity contribution in [2.75, 3.05) is 18.0 Å². The molecule has 2 aliphatic rings. The van der Waals surface area contributed by atoms with Crippen LogP contribution in [0.15, 0.2) is 18.5 Å². The number of piperazine rings is 1. The van der Waals surface area contributed by atoms with E-state index in [1.165, 1.54) is 24.1 Å². The van der Waals surface area contributed by atoms with E-state index in [2.05, 4.69) is 42.0 Å². The van der Waals surface area contributed by atoms with Crippen LogP contribution in [0.25, 0.3) is 0 Å². The average Bonchev–Trinajstić information content (AvgIpc) is 3.23. The fourth-order valence-electron chi connectivity index (χ4n) is 3.24. The number of aromatic nitrogens is 1. The third-order valence-electron chi connectivity index (χ3n) is 4.66. The number of anilines is 1. The van der Waals surface area contributed by atoms with Gasteiger partial charge in [0.15, 0.2) is 0 Å². The van der Waals surface area contributed by atoms with Crippen LogP contribution in [0.3, 0.4) is 0 Å². The average molecular weight is 259 g/mol. The predicted octanol–water partition coefficient (Wildman–Crippen LogP) is 2.60. The van der Waals surface area contributed by atoms with Gasteiger partial charge in [-0.05, 0) is 43.2 Å². The van der Waals surface area contributed by atoms with Crippen LogP contribution in [-0.4, -0.2) is 30.2 Å². The summed E-state index contributed by atoms with van der Waals surface area (Å²) in [7, 11) is 0. The Morgan fingerprint density at radius 3 is 2.79 bits per heavy atom. The third kappa shape index (κ3) is 2.62. The lowest BCUT2D eigenvalue weighted by Gasteiger charge is -2.44. The third-order valence-corrected chi connectivity index (χ3v) is 4.66. The highest BCUT2D eigenvalue weighted by Gasteiger charge is 2.38. The fourth-order valence-corrected chi connectivity index (χ4v) is 3.24. The number of pyridine rings is 1. The summed E-state index contributed by atoms with van der Waals surface area (Å²) in [5.74, 6) is 1.57. The molecule has 0 radical (unpaired) electrons. The van der Waals surface area contributed by atoms with E-state index >= 15 is 0 Å². The van der Waals surface area contributed by atoms with Crippen LogP contribution < -0.4 is 10.2 Å². The zero-order valence-corrected chi connectivity index (χ0v) is 12.3. The second-order valence-corrected chi connectivity index (χ2v) is 6.48. The van der Waals surface area contributed by atoms with Gasteiger partial charge in [0.25, 0.3) is 0 Å². The van der Waals surface area contributed by atoms with Gasteiger partial charge in [0.05, 0.1) is 11.9 Å². The Bertz CT molecular complexity index is 439. The lowest BCUT2D eigenvalue weighted by molar-refractivity contribution is 0.320. The van der Waals surface area contributed by atoms with Gasteiger partial charge in [-0.2, -0.15) is 0 Å². The minimum atomic E-state index is 0.581. The zero-order valence-electron chi connectivity index (χ0n) is 12.3. The standard InChI is InChI=1S/C16H25N3/c1-11(2)15-9-18-14(13-4-5-13)10-19(15)16-8-17-7-6-12(16)3/h6-8,11,13-15,18H,4-5,9-10H2,1-3H3. The van der Waals surface area contributed by atoms with Crippen LogP contribution in [0.1, 0.15) is 32.3 Å². The van der Waals surface area contributed by atoms with E-state index in [1.54, 1.807) is 0 Å². The first-order chi connectivity index (χ1) is 9.16. The van der Waals surface area contributed by atoms with Gasteiger partial charge in [-0.1, -0.05) is 13.8 Å². The number of nitrogens with one attached hydrogen (secondary N) is 1. The summed E-state index contributed by atoms with van der Waals surface area (Å²) in [5, 5.41) is 3.77. The van der Waals surface area contributed by atoms with Gasteiger partial charge < -0.3 is 10.2 Å². The topological polar surface area (TPSA) is 28.2 Å². The van der Waals surface area contributed by atoms with E-state index in [4.69, 9.17) is 0 Å². The van der Waals surface area contributed by atoms with Crippen LogP contribution in [-0.2, 0) is 0 Å². The van der Waals surface area contributed by atoms with Crippen LogP contribution in [0.4, 0.5) is 5.69 Å². The Hall–Kier alpha value is -1.09. The molecule has 3 heteroatoms. The van der Waals surface area contributed by atoms with E-state index < -0.39 is 0 Å². The van der Waals surface area contributed by atoms with Crippen molar-refractivity contribution in [3.05, 3.63) is 24.0 Å². The van der Waals surface area contributed by atoms with Crippen molar-refractivity contribution < 1.29 is 0 Å². The smallest absolute Gasteiger partial charge is 0.0586 e. The highest BCUT2D eigenvalue weighted by Crippen LogP contribution is 2.36. The quantitative estimate of drug-likeness (QED) is 0.904. The SMILES string of the molecule is Cc1ccncc1N1CC(C2CC2)NCC1C(C)C. The van der Waals surface area contributed by atoms with Gasteiger partial charge in [0.2, 0.25) is 0 Å². The Kier molecular flexibility index (Phi) is 3.48. The normalized spacial score (nSPS) is 27.9. The Morgan fingerprint density at radius 1 is 1.37 bits per heavy atom. The molecule has 1 aromatic rings. The monoisotopic (exact) mass is 259 g/mol. The van der Waals surface area contributed by atoms with Crippen molar-refractivity contribution in [2.24, 2.45) is 11.8 Å². The van der Waals surface area contributed by atoms with Gasteiger partial charge in [0, 0.05) is 31.4 Å². The van der Waals surface area contributed by atoms with Gasteiger partial charge in [0.1, 0.15) is 0 Å². The van der Waals surface area contributed by atoms with E-state index in [1.807, 2.05) is 12.4 Å². The maximum Gasteiger partial charge on any atom is 0.0586 e. The van der Waals surface area contributed by atoms with E-state index in [-0.39, 0.29) is 0 Å². The van der Waals surface area contributed by atoms with E-state index in [0.717, 1.165) is 19.0 Å². The lowest BCUT2D eigenvalue weighted by Crippen LogP contribution is -2.59. The van der Waals surface area contributed by atoms with Crippen LogP contribution in [0.5, 0.6) is 0 Å². The van der Waals surface area contributed by atoms with Crippen molar-refractivity contribution >= 4 is 5.69 Å². The molecule has 2 fully saturated rings. The van der Waals surface area contributed by atoms with Crippen LogP contribution >= 0.6 is 0 Å². The first kappa shape index (κ1) is 12.9. The molecule has 2 unspecified atom stereocenters.